The van der Waals surface area contributed by atoms with Crippen molar-refractivity contribution in [3.05, 3.63) is 193 Å². The average Bonchev–Trinajstić information content (AvgIpc) is 3.46. The van der Waals surface area contributed by atoms with Crippen LogP contribution in [0.1, 0.15) is 29.0 Å². The van der Waals surface area contributed by atoms with Crippen LogP contribution in [0.5, 0.6) is 0 Å². The van der Waals surface area contributed by atoms with Crippen LogP contribution in [0.3, 0.4) is 0 Å². The van der Waals surface area contributed by atoms with Crippen LogP contribution in [0.15, 0.2) is 181 Å². The van der Waals surface area contributed by atoms with Crippen LogP contribution in [0.2, 0.25) is 0 Å². The summed E-state index contributed by atoms with van der Waals surface area (Å²) in [5, 5.41) is 9.75. The maximum absolute atomic E-state index is 5.26. The topological polar surface area (TPSA) is 28.2 Å². The minimum absolute atomic E-state index is 0.0443. The highest BCUT2D eigenvalue weighted by Gasteiger charge is 2.57. The fraction of sp³-hybridized carbons (Fsp3) is 0.0444. The van der Waals surface area contributed by atoms with E-state index in [2.05, 4.69) is 195 Å². The smallest absolute Gasteiger partial charge is 0.150 e. The van der Waals surface area contributed by atoms with Gasteiger partial charge in [0.15, 0.2) is 0 Å². The van der Waals surface area contributed by atoms with E-state index in [1.54, 1.807) is 0 Å². The molecule has 5 nitrogen and oxygen atoms in total. The summed E-state index contributed by atoms with van der Waals surface area (Å²) in [6, 6.07) is 63.3. The van der Waals surface area contributed by atoms with E-state index in [1.165, 1.54) is 54.7 Å². The van der Waals surface area contributed by atoms with Crippen LogP contribution < -0.4 is 0 Å². The molecule has 0 aliphatic carbocycles. The van der Waals surface area contributed by atoms with Gasteiger partial charge in [0, 0.05) is 38.5 Å². The van der Waals surface area contributed by atoms with Crippen LogP contribution in [-0.4, -0.2) is 25.0 Å². The lowest BCUT2D eigenvalue weighted by Crippen LogP contribution is -2.11. The molecule has 0 N–H and O–H groups in total. The standard InChI is InChI=1S/C45H31N5/c1-3-13-30(14-4-1)43-46-44(50-45(49(43)50)32-15-5-2-6-16-32)31-23-25-33(26-24-31)47-41-22-12-9-19-37(41)38-29-34(27-28-42(38)47)48-39-20-10-7-17-35(39)36-18-8-11-21-40(36)48/h1-29,43,45H/t43?,45?,49-,50?/m0/s1. The van der Waals surface area contributed by atoms with Gasteiger partial charge in [-0.2, -0.15) is 5.01 Å². The summed E-state index contributed by atoms with van der Waals surface area (Å²) in [4.78, 5) is 5.26. The SMILES string of the molecule is c1ccc(C2N=C(c3ccc(-n4c5ccccc5c5cc(-n6c7ccccc7c7ccccc76)ccc54)cc3)N3C(c4ccccc4)[N@]23)cc1. The van der Waals surface area contributed by atoms with E-state index in [4.69, 9.17) is 4.99 Å². The Morgan fingerprint density at radius 2 is 0.880 bits per heavy atom. The van der Waals surface area contributed by atoms with Crippen molar-refractivity contribution < 1.29 is 0 Å². The van der Waals surface area contributed by atoms with E-state index < -0.39 is 0 Å². The van der Waals surface area contributed by atoms with Gasteiger partial charge in [0.05, 0.1) is 22.1 Å². The van der Waals surface area contributed by atoms with Crippen molar-refractivity contribution in [2.75, 3.05) is 0 Å². The monoisotopic (exact) mass is 641 g/mol. The van der Waals surface area contributed by atoms with Crippen LogP contribution >= 0.6 is 0 Å². The van der Waals surface area contributed by atoms with Crippen molar-refractivity contribution in [3.63, 3.8) is 0 Å². The quantitative estimate of drug-likeness (QED) is 0.175. The van der Waals surface area contributed by atoms with Gasteiger partial charge in [-0.3, -0.25) is 5.01 Å². The summed E-state index contributed by atoms with van der Waals surface area (Å²) < 4.78 is 4.79. The van der Waals surface area contributed by atoms with Crippen LogP contribution in [0.4, 0.5) is 0 Å². The highest BCUT2D eigenvalue weighted by molar-refractivity contribution is 6.12. The third-order valence-electron chi connectivity index (χ3n) is 10.5. The van der Waals surface area contributed by atoms with Crippen molar-refractivity contribution in [3.8, 4) is 11.4 Å². The van der Waals surface area contributed by atoms with E-state index in [0.29, 0.717) is 0 Å². The van der Waals surface area contributed by atoms with E-state index in [0.717, 1.165) is 22.8 Å². The minimum Gasteiger partial charge on any atom is -0.309 e. The first-order valence-electron chi connectivity index (χ1n) is 17.2. The third kappa shape index (κ3) is 3.95. The number of fused-ring (bicyclic) bond motifs is 7. The summed E-state index contributed by atoms with van der Waals surface area (Å²) in [6.07, 6.45) is 0.131. The number of rotatable bonds is 5. The Kier molecular flexibility index (Phi) is 5.80. The first-order chi connectivity index (χ1) is 24.8. The van der Waals surface area contributed by atoms with Crippen molar-refractivity contribution >= 4 is 49.4 Å². The number of benzene rings is 7. The first-order valence-corrected chi connectivity index (χ1v) is 17.2. The lowest BCUT2D eigenvalue weighted by atomic mass is 10.1. The lowest BCUT2D eigenvalue weighted by Gasteiger charge is -2.12. The van der Waals surface area contributed by atoms with Crippen LogP contribution in [0, 0.1) is 0 Å². The summed E-state index contributed by atoms with van der Waals surface area (Å²) >= 11 is 0. The fourth-order valence-corrected chi connectivity index (χ4v) is 8.21. The predicted octanol–water partition coefficient (Wildman–Crippen LogP) is 10.6. The molecule has 50 heavy (non-hydrogen) atoms. The summed E-state index contributed by atoms with van der Waals surface area (Å²) in [6.45, 7) is 0. The molecular formula is C45H31N5. The number of hydrazine groups is 1. The molecule has 1 fully saturated rings. The number of aliphatic imine (C=N–C) groups is 1. The van der Waals surface area contributed by atoms with Gasteiger partial charge in [0.1, 0.15) is 18.2 Å². The molecule has 2 aliphatic rings. The summed E-state index contributed by atoms with van der Waals surface area (Å²) in [5.41, 5.74) is 10.7. The summed E-state index contributed by atoms with van der Waals surface area (Å²) in [5.74, 6) is 1.01. The van der Waals surface area contributed by atoms with Gasteiger partial charge in [-0.1, -0.05) is 115 Å². The van der Waals surface area contributed by atoms with E-state index in [-0.39, 0.29) is 12.3 Å². The molecule has 7 aromatic carbocycles. The normalized spacial score (nSPS) is 18.3. The molecule has 0 saturated carbocycles. The molecule has 2 unspecified atom stereocenters. The number of hydrogen-bond acceptors (Lipinski definition) is 3. The first kappa shape index (κ1) is 27.5. The van der Waals surface area contributed by atoms with Crippen molar-refractivity contribution in [1.82, 2.24) is 19.2 Å². The Morgan fingerprint density at radius 1 is 0.400 bits per heavy atom. The second-order valence-electron chi connectivity index (χ2n) is 13.2. The number of hydrogen-bond donors (Lipinski definition) is 0. The molecule has 1 saturated heterocycles. The van der Waals surface area contributed by atoms with Gasteiger partial charge in [0.25, 0.3) is 0 Å². The Morgan fingerprint density at radius 3 is 1.50 bits per heavy atom. The number of para-hydroxylation sites is 3. The van der Waals surface area contributed by atoms with Crippen molar-refractivity contribution in [1.29, 1.82) is 0 Å². The van der Waals surface area contributed by atoms with Crippen molar-refractivity contribution in [2.24, 2.45) is 4.99 Å². The molecule has 2 aromatic heterocycles. The van der Waals surface area contributed by atoms with E-state index in [9.17, 15) is 0 Å². The highest BCUT2D eigenvalue weighted by Crippen LogP contribution is 2.54. The zero-order valence-corrected chi connectivity index (χ0v) is 27.1. The zero-order chi connectivity index (χ0) is 32.8. The zero-order valence-electron chi connectivity index (χ0n) is 27.1. The van der Waals surface area contributed by atoms with Gasteiger partial charge in [-0.15, -0.1) is 0 Å². The second kappa shape index (κ2) is 10.5. The predicted molar refractivity (Wildman–Crippen MR) is 204 cm³/mol. The van der Waals surface area contributed by atoms with Crippen molar-refractivity contribution in [2.45, 2.75) is 12.3 Å². The molecule has 9 aromatic rings. The van der Waals surface area contributed by atoms with Crippen LogP contribution in [0.25, 0.3) is 55.0 Å². The molecule has 3 atom stereocenters. The Balaban J connectivity index is 1.02. The van der Waals surface area contributed by atoms with E-state index >= 15 is 0 Å². The maximum atomic E-state index is 5.26. The lowest BCUT2D eigenvalue weighted by molar-refractivity contribution is 0.341. The maximum Gasteiger partial charge on any atom is 0.150 e. The van der Waals surface area contributed by atoms with Gasteiger partial charge in [-0.25, -0.2) is 4.99 Å². The van der Waals surface area contributed by atoms with Gasteiger partial charge in [0.2, 0.25) is 0 Å². The number of nitrogens with zero attached hydrogens (tertiary/aromatic N) is 5. The molecule has 236 valence electrons. The Labute approximate surface area is 289 Å². The van der Waals surface area contributed by atoms with E-state index in [1.807, 2.05) is 0 Å². The molecule has 0 amide bonds. The third-order valence-corrected chi connectivity index (χ3v) is 10.5. The highest BCUT2D eigenvalue weighted by atomic mass is 15.9. The Hall–Kier alpha value is -6.43. The molecule has 0 radical (unpaired) electrons. The second-order valence-corrected chi connectivity index (χ2v) is 13.2. The molecular weight excluding hydrogens is 611 g/mol. The van der Waals surface area contributed by atoms with Gasteiger partial charge < -0.3 is 9.13 Å². The Bertz CT molecular complexity index is 2720. The largest absolute Gasteiger partial charge is 0.309 e. The molecule has 0 bridgehead atoms. The minimum atomic E-state index is -0.0443. The summed E-state index contributed by atoms with van der Waals surface area (Å²) in [7, 11) is 0. The molecule has 11 rings (SSSR count). The van der Waals surface area contributed by atoms with Gasteiger partial charge >= 0.3 is 0 Å². The molecule has 4 heterocycles. The van der Waals surface area contributed by atoms with Crippen LogP contribution in [-0.2, 0) is 0 Å². The molecule has 0 spiro atoms. The van der Waals surface area contributed by atoms with Gasteiger partial charge in [-0.05, 0) is 71.8 Å². The molecule has 5 heteroatoms. The fourth-order valence-electron chi connectivity index (χ4n) is 8.21. The average molecular weight is 642 g/mol. The number of amidine groups is 1. The number of aromatic nitrogens is 2. The molecule has 2 aliphatic heterocycles.